The molecule has 0 saturated carbocycles. The van der Waals surface area contributed by atoms with Gasteiger partial charge in [-0.3, -0.25) is 0 Å². The molecule has 3 nitrogen and oxygen atoms in total. The van der Waals surface area contributed by atoms with Gasteiger partial charge in [-0.25, -0.2) is 4.98 Å². The number of pyridine rings is 1. The van der Waals surface area contributed by atoms with Gasteiger partial charge in [-0.1, -0.05) is 18.2 Å². The fraction of sp³-hybridized carbons (Fsp3) is 0.267. The molecule has 0 aliphatic heterocycles. The molecule has 0 aliphatic carbocycles. The standard InChI is InChI=1S/C15H18N2O/c1-3-18-14-6-4-5-13(9-14)11-17-15-8-7-12(2)10-16-15/h4-10H,3,11H2,1-2H3,(H,16,17). The maximum absolute atomic E-state index is 5.47. The molecule has 1 heterocycles. The van der Waals surface area contributed by atoms with Crippen LogP contribution in [0.1, 0.15) is 18.1 Å². The van der Waals surface area contributed by atoms with Gasteiger partial charge in [0.15, 0.2) is 0 Å². The summed E-state index contributed by atoms with van der Waals surface area (Å²) in [7, 11) is 0. The molecule has 0 saturated heterocycles. The van der Waals surface area contributed by atoms with Gasteiger partial charge in [0.1, 0.15) is 11.6 Å². The Hall–Kier alpha value is -2.03. The zero-order valence-corrected chi connectivity index (χ0v) is 10.8. The maximum Gasteiger partial charge on any atom is 0.126 e. The molecule has 3 heteroatoms. The second-order valence-electron chi connectivity index (χ2n) is 4.15. The molecule has 1 N–H and O–H groups in total. The number of hydrogen-bond donors (Lipinski definition) is 1. The first-order chi connectivity index (χ1) is 8.78. The molecule has 2 aromatic rings. The van der Waals surface area contributed by atoms with Crippen molar-refractivity contribution in [2.24, 2.45) is 0 Å². The molecule has 0 atom stereocenters. The predicted molar refractivity (Wildman–Crippen MR) is 73.9 cm³/mol. The van der Waals surface area contributed by atoms with E-state index in [4.69, 9.17) is 4.74 Å². The summed E-state index contributed by atoms with van der Waals surface area (Å²) in [6, 6.07) is 12.1. The summed E-state index contributed by atoms with van der Waals surface area (Å²) in [5.41, 5.74) is 2.35. The lowest BCUT2D eigenvalue weighted by atomic mass is 10.2. The number of nitrogens with zero attached hydrogens (tertiary/aromatic N) is 1. The van der Waals surface area contributed by atoms with Crippen molar-refractivity contribution in [3.63, 3.8) is 0 Å². The molecule has 18 heavy (non-hydrogen) atoms. The SMILES string of the molecule is CCOc1cccc(CNc2ccc(C)cn2)c1. The van der Waals surface area contributed by atoms with Crippen molar-refractivity contribution in [2.75, 3.05) is 11.9 Å². The van der Waals surface area contributed by atoms with Crippen molar-refractivity contribution >= 4 is 5.82 Å². The van der Waals surface area contributed by atoms with Crippen LogP contribution in [-0.4, -0.2) is 11.6 Å². The highest BCUT2D eigenvalue weighted by molar-refractivity contribution is 5.37. The van der Waals surface area contributed by atoms with Gasteiger partial charge in [-0.05, 0) is 43.2 Å². The Kier molecular flexibility index (Phi) is 4.18. The summed E-state index contributed by atoms with van der Waals surface area (Å²) in [5.74, 6) is 1.80. The summed E-state index contributed by atoms with van der Waals surface area (Å²) in [5, 5.41) is 3.29. The van der Waals surface area contributed by atoms with E-state index in [1.165, 1.54) is 11.1 Å². The number of nitrogens with one attached hydrogen (secondary N) is 1. The Labute approximate surface area is 108 Å². The Morgan fingerprint density at radius 2 is 2.11 bits per heavy atom. The van der Waals surface area contributed by atoms with Crippen LogP contribution < -0.4 is 10.1 Å². The van der Waals surface area contributed by atoms with E-state index in [1.54, 1.807) is 0 Å². The van der Waals surface area contributed by atoms with Crippen molar-refractivity contribution in [2.45, 2.75) is 20.4 Å². The lowest BCUT2D eigenvalue weighted by Crippen LogP contribution is -2.01. The van der Waals surface area contributed by atoms with Gasteiger partial charge in [-0.15, -0.1) is 0 Å². The fourth-order valence-electron chi connectivity index (χ4n) is 1.68. The van der Waals surface area contributed by atoms with Gasteiger partial charge in [-0.2, -0.15) is 0 Å². The first-order valence-electron chi connectivity index (χ1n) is 6.16. The molecule has 0 unspecified atom stereocenters. The van der Waals surface area contributed by atoms with Gasteiger partial charge in [0, 0.05) is 12.7 Å². The number of benzene rings is 1. The number of ether oxygens (including phenoxy) is 1. The molecular formula is C15H18N2O. The van der Waals surface area contributed by atoms with Crippen LogP contribution in [0.5, 0.6) is 5.75 Å². The van der Waals surface area contributed by atoms with Crippen LogP contribution in [0.3, 0.4) is 0 Å². The highest BCUT2D eigenvalue weighted by Crippen LogP contribution is 2.14. The molecular weight excluding hydrogens is 224 g/mol. The first-order valence-corrected chi connectivity index (χ1v) is 6.16. The maximum atomic E-state index is 5.47. The van der Waals surface area contributed by atoms with E-state index in [1.807, 2.05) is 50.4 Å². The van der Waals surface area contributed by atoms with Crippen LogP contribution in [0, 0.1) is 6.92 Å². The van der Waals surface area contributed by atoms with E-state index in [0.717, 1.165) is 18.1 Å². The van der Waals surface area contributed by atoms with Crippen molar-refractivity contribution in [3.05, 3.63) is 53.7 Å². The number of hydrogen-bond acceptors (Lipinski definition) is 3. The molecule has 0 fully saturated rings. The zero-order chi connectivity index (χ0) is 12.8. The van der Waals surface area contributed by atoms with Crippen LogP contribution in [0.15, 0.2) is 42.6 Å². The van der Waals surface area contributed by atoms with Gasteiger partial charge in [0.25, 0.3) is 0 Å². The van der Waals surface area contributed by atoms with Gasteiger partial charge in [0.2, 0.25) is 0 Å². The van der Waals surface area contributed by atoms with Crippen LogP contribution >= 0.6 is 0 Å². The summed E-state index contributed by atoms with van der Waals surface area (Å²) >= 11 is 0. The fourth-order valence-corrected chi connectivity index (χ4v) is 1.68. The van der Waals surface area contributed by atoms with Gasteiger partial charge in [0.05, 0.1) is 6.61 Å². The van der Waals surface area contributed by atoms with Gasteiger partial charge >= 0.3 is 0 Å². The minimum atomic E-state index is 0.691. The van der Waals surface area contributed by atoms with E-state index in [-0.39, 0.29) is 0 Å². The summed E-state index contributed by atoms with van der Waals surface area (Å²) in [6.45, 7) is 5.46. The first kappa shape index (κ1) is 12.4. The van der Waals surface area contributed by atoms with E-state index in [2.05, 4.69) is 16.4 Å². The third kappa shape index (κ3) is 3.48. The quantitative estimate of drug-likeness (QED) is 0.872. The molecule has 0 amide bonds. The van der Waals surface area contributed by atoms with E-state index < -0.39 is 0 Å². The van der Waals surface area contributed by atoms with E-state index >= 15 is 0 Å². The topological polar surface area (TPSA) is 34.1 Å². The lowest BCUT2D eigenvalue weighted by molar-refractivity contribution is 0.340. The average molecular weight is 242 g/mol. The van der Waals surface area contributed by atoms with Crippen LogP contribution in [-0.2, 0) is 6.54 Å². The molecule has 0 radical (unpaired) electrons. The Bertz CT molecular complexity index is 494. The molecule has 2 rings (SSSR count). The van der Waals surface area contributed by atoms with Crippen molar-refractivity contribution in [1.29, 1.82) is 0 Å². The van der Waals surface area contributed by atoms with Gasteiger partial charge < -0.3 is 10.1 Å². The second-order valence-corrected chi connectivity index (χ2v) is 4.15. The lowest BCUT2D eigenvalue weighted by Gasteiger charge is -2.08. The highest BCUT2D eigenvalue weighted by atomic mass is 16.5. The summed E-state index contributed by atoms with van der Waals surface area (Å²) < 4.78 is 5.47. The monoisotopic (exact) mass is 242 g/mol. The van der Waals surface area contributed by atoms with Crippen LogP contribution in [0.4, 0.5) is 5.82 Å². The number of rotatable bonds is 5. The molecule has 1 aromatic heterocycles. The summed E-state index contributed by atoms with van der Waals surface area (Å²) in [6.07, 6.45) is 1.86. The van der Waals surface area contributed by atoms with E-state index in [9.17, 15) is 0 Å². The smallest absolute Gasteiger partial charge is 0.126 e. The molecule has 0 bridgehead atoms. The Morgan fingerprint density at radius 1 is 1.22 bits per heavy atom. The third-order valence-corrected chi connectivity index (χ3v) is 2.59. The van der Waals surface area contributed by atoms with Crippen molar-refractivity contribution in [1.82, 2.24) is 4.98 Å². The average Bonchev–Trinajstić information content (AvgIpc) is 2.39. The number of aryl methyl sites for hydroxylation is 1. The molecule has 0 spiro atoms. The predicted octanol–water partition coefficient (Wildman–Crippen LogP) is 3.40. The minimum absolute atomic E-state index is 0.691. The second kappa shape index (κ2) is 6.05. The zero-order valence-electron chi connectivity index (χ0n) is 10.8. The molecule has 0 aliphatic rings. The molecule has 1 aromatic carbocycles. The normalized spacial score (nSPS) is 10.1. The van der Waals surface area contributed by atoms with Crippen molar-refractivity contribution < 1.29 is 4.74 Å². The largest absolute Gasteiger partial charge is 0.494 e. The van der Waals surface area contributed by atoms with Crippen LogP contribution in [0.25, 0.3) is 0 Å². The van der Waals surface area contributed by atoms with E-state index in [0.29, 0.717) is 6.61 Å². The highest BCUT2D eigenvalue weighted by Gasteiger charge is 1.97. The summed E-state index contributed by atoms with van der Waals surface area (Å²) in [4.78, 5) is 4.31. The third-order valence-electron chi connectivity index (χ3n) is 2.59. The Morgan fingerprint density at radius 3 is 2.83 bits per heavy atom. The number of anilines is 1. The van der Waals surface area contributed by atoms with Crippen molar-refractivity contribution in [3.8, 4) is 5.75 Å². The Balaban J connectivity index is 1.97. The molecule has 94 valence electrons. The number of aromatic nitrogens is 1. The van der Waals surface area contributed by atoms with Crippen LogP contribution in [0.2, 0.25) is 0 Å². The minimum Gasteiger partial charge on any atom is -0.494 e.